The van der Waals surface area contributed by atoms with Crippen molar-refractivity contribution in [2.24, 2.45) is 0 Å². The van der Waals surface area contributed by atoms with E-state index in [4.69, 9.17) is 36.6 Å². The lowest BCUT2D eigenvalue weighted by atomic mass is 10.0. The van der Waals surface area contributed by atoms with E-state index in [0.29, 0.717) is 40.4 Å². The first-order valence-electron chi connectivity index (χ1n) is 24.6. The van der Waals surface area contributed by atoms with Crippen molar-refractivity contribution in [3.8, 4) is 68.4 Å². The van der Waals surface area contributed by atoms with Gasteiger partial charge in [-0.1, -0.05) is 84.9 Å². The van der Waals surface area contributed by atoms with E-state index in [1.807, 2.05) is 153 Å². The predicted octanol–water partition coefficient (Wildman–Crippen LogP) is 16.9. The molecule has 12 nitrogen and oxygen atoms in total. The Kier molecular flexibility index (Phi) is 10.2. The molecule has 75 heavy (non-hydrogen) atoms. The molecule has 7 aromatic carbocycles. The van der Waals surface area contributed by atoms with Crippen molar-refractivity contribution in [1.82, 2.24) is 19.1 Å². The summed E-state index contributed by atoms with van der Waals surface area (Å²) in [5.74, 6) is 6.08. The molecular formula is C63H44N4O8. The normalized spacial score (nSPS) is 13.6. The molecule has 14 rings (SSSR count). The lowest BCUT2D eigenvalue weighted by Crippen LogP contribution is -2.07. The van der Waals surface area contributed by atoms with Gasteiger partial charge in [-0.15, -0.1) is 0 Å². The molecular weight excluding hydrogens is 941 g/mol. The van der Waals surface area contributed by atoms with Gasteiger partial charge in [0, 0.05) is 75.3 Å². The highest BCUT2D eigenvalue weighted by Crippen LogP contribution is 2.43. The summed E-state index contributed by atoms with van der Waals surface area (Å²) in [6, 6.07) is 49.9. The molecule has 1 aliphatic rings. The van der Waals surface area contributed by atoms with Gasteiger partial charge in [0.1, 0.15) is 39.8 Å². The number of hydrogen-bond donors (Lipinski definition) is 0. The zero-order valence-electron chi connectivity index (χ0n) is 40.9. The third-order valence-electron chi connectivity index (χ3n) is 13.8. The number of para-hydroxylation sites is 4. The number of hydrogen-bond acceptors (Lipinski definition) is 10. The molecule has 7 heterocycles. The van der Waals surface area contributed by atoms with Crippen molar-refractivity contribution in [1.29, 1.82) is 0 Å². The van der Waals surface area contributed by atoms with Crippen LogP contribution in [0.5, 0.6) is 23.2 Å². The first-order valence-corrected chi connectivity index (χ1v) is 24.6. The number of aromatic nitrogens is 4. The Bertz CT molecular complexity index is 4440. The van der Waals surface area contributed by atoms with Crippen molar-refractivity contribution in [2.75, 3.05) is 0 Å². The molecule has 0 amide bonds. The third-order valence-corrected chi connectivity index (χ3v) is 13.8. The van der Waals surface area contributed by atoms with Gasteiger partial charge in [0.05, 0.1) is 17.1 Å². The van der Waals surface area contributed by atoms with Crippen molar-refractivity contribution in [2.45, 2.75) is 33.3 Å². The quantitative estimate of drug-likeness (QED) is 0.109. The Morgan fingerprint density at radius 1 is 0.587 bits per heavy atom. The lowest BCUT2D eigenvalue weighted by molar-refractivity contribution is 0.137. The van der Waals surface area contributed by atoms with Gasteiger partial charge in [-0.2, -0.15) is 0 Å². The van der Waals surface area contributed by atoms with E-state index in [2.05, 4.69) is 63.6 Å². The zero-order valence-corrected chi connectivity index (χ0v) is 40.9. The summed E-state index contributed by atoms with van der Waals surface area (Å²) in [6.45, 7) is 9.97. The van der Waals surface area contributed by atoms with E-state index in [0.717, 1.165) is 112 Å². The van der Waals surface area contributed by atoms with Crippen LogP contribution in [0.25, 0.3) is 100 Å². The molecule has 0 radical (unpaired) electrons. The van der Waals surface area contributed by atoms with Crippen LogP contribution >= 0.6 is 0 Å². The van der Waals surface area contributed by atoms with Gasteiger partial charge in [-0.3, -0.25) is 9.13 Å². The van der Waals surface area contributed by atoms with Crippen LogP contribution in [-0.2, 0) is 4.74 Å². The van der Waals surface area contributed by atoms with Crippen LogP contribution in [0, 0.1) is 13.8 Å². The zero-order chi connectivity index (χ0) is 50.3. The molecule has 364 valence electrons. The molecule has 1 unspecified atom stereocenters. The Morgan fingerprint density at radius 2 is 1.21 bits per heavy atom. The van der Waals surface area contributed by atoms with E-state index >= 15 is 0 Å². The Labute approximate surface area is 428 Å². The lowest BCUT2D eigenvalue weighted by Gasteiger charge is -2.14. The second kappa shape index (κ2) is 17.4. The van der Waals surface area contributed by atoms with Crippen LogP contribution in [-0.4, -0.2) is 19.1 Å². The summed E-state index contributed by atoms with van der Waals surface area (Å²) in [5.41, 5.74) is 9.93. The maximum atomic E-state index is 6.78. The molecule has 0 bridgehead atoms. The van der Waals surface area contributed by atoms with Gasteiger partial charge in [-0.25, -0.2) is 9.97 Å². The minimum absolute atomic E-state index is 0.108. The molecule has 13 aromatic rings. The minimum atomic E-state index is -0.157. The highest BCUT2D eigenvalue weighted by Gasteiger charge is 2.26. The SMILES string of the molecule is C=C(Oc1cccc(-c2cccc3c2oc2c(-n4ccnc4C4CC=C(C)O4)cccc23)c1)Oc1cc2cc(Oc3cccc(-c4cccc5c4oc4c(-n6ccnc6-c6ccc(C)o6)cccc45)c3)oc2cc1C. The topological polar surface area (TPSA) is 125 Å². The summed E-state index contributed by atoms with van der Waals surface area (Å²) in [5, 5.41) is 4.78. The maximum absolute atomic E-state index is 6.78. The standard InChI is InChI=1S/C63H44N4O8/c1-36-31-56-42(35-57(73-56)72-44-14-6-12-41(33-44)46-16-8-18-48-50-20-10-22-52(61(50)75-59(46)48)67-30-28-65-63(67)54-26-24-38(3)69-54)34-55(36)71-39(4)70-43-13-5-11-40(32-43)45-15-7-17-47-49-19-9-21-51(60(49)74-58(45)47)66-29-27-64-62(66)53-25-23-37(2)68-53/h5-24,26-35,53H,4,25H2,1-3H3. The summed E-state index contributed by atoms with van der Waals surface area (Å²) < 4.78 is 54.8. The molecule has 6 aromatic heterocycles. The molecule has 1 aliphatic heterocycles. The van der Waals surface area contributed by atoms with Crippen LogP contribution in [0.3, 0.4) is 0 Å². The Morgan fingerprint density at radius 3 is 1.89 bits per heavy atom. The van der Waals surface area contributed by atoms with Crippen LogP contribution in [0.1, 0.15) is 36.6 Å². The molecule has 0 fully saturated rings. The molecule has 1 atom stereocenters. The van der Waals surface area contributed by atoms with Crippen LogP contribution < -0.4 is 14.2 Å². The number of imidazole rings is 2. The van der Waals surface area contributed by atoms with Crippen LogP contribution in [0.4, 0.5) is 0 Å². The Hall–Kier alpha value is -9.94. The maximum Gasteiger partial charge on any atom is 0.291 e. The van der Waals surface area contributed by atoms with Crippen LogP contribution in [0.15, 0.2) is 218 Å². The molecule has 0 spiro atoms. The second-order valence-electron chi connectivity index (χ2n) is 18.7. The van der Waals surface area contributed by atoms with Gasteiger partial charge in [-0.05, 0) is 111 Å². The van der Waals surface area contributed by atoms with Crippen molar-refractivity contribution in [3.63, 3.8) is 0 Å². The van der Waals surface area contributed by atoms with Crippen LogP contribution in [0.2, 0.25) is 0 Å². The van der Waals surface area contributed by atoms with Crippen molar-refractivity contribution in [3.05, 3.63) is 218 Å². The van der Waals surface area contributed by atoms with E-state index in [1.54, 1.807) is 12.4 Å². The Balaban J connectivity index is 0.697. The highest BCUT2D eigenvalue weighted by molar-refractivity contribution is 6.12. The largest absolute Gasteiger partial charge is 0.487 e. The monoisotopic (exact) mass is 984 g/mol. The number of rotatable bonds is 12. The van der Waals surface area contributed by atoms with E-state index in [-0.39, 0.29) is 12.0 Å². The van der Waals surface area contributed by atoms with E-state index in [9.17, 15) is 0 Å². The van der Waals surface area contributed by atoms with Gasteiger partial charge < -0.3 is 36.6 Å². The number of aryl methyl sites for hydroxylation is 2. The van der Waals surface area contributed by atoms with E-state index in [1.165, 1.54) is 0 Å². The average Bonchev–Trinajstić information content (AvgIpc) is 4.30. The molecule has 12 heteroatoms. The van der Waals surface area contributed by atoms with Gasteiger partial charge in [0.15, 0.2) is 34.7 Å². The number of furan rings is 4. The van der Waals surface area contributed by atoms with Gasteiger partial charge >= 0.3 is 0 Å². The second-order valence-corrected chi connectivity index (χ2v) is 18.7. The van der Waals surface area contributed by atoms with Crippen molar-refractivity contribution >= 4 is 54.8 Å². The summed E-state index contributed by atoms with van der Waals surface area (Å²) >= 11 is 0. The number of ether oxygens (including phenoxy) is 4. The minimum Gasteiger partial charge on any atom is -0.487 e. The molecule has 0 aliphatic carbocycles. The molecule has 0 N–H and O–H groups in total. The fraction of sp³-hybridized carbons (Fsp3) is 0.0794. The highest BCUT2D eigenvalue weighted by atomic mass is 16.7. The number of nitrogens with zero attached hydrogens (tertiary/aromatic N) is 4. The third kappa shape index (κ3) is 7.61. The number of fused-ring (bicyclic) bond motifs is 7. The summed E-state index contributed by atoms with van der Waals surface area (Å²) in [6.07, 6.45) is 10.1. The summed E-state index contributed by atoms with van der Waals surface area (Å²) in [7, 11) is 0. The van der Waals surface area contributed by atoms with Gasteiger partial charge in [0.25, 0.3) is 11.9 Å². The summed E-state index contributed by atoms with van der Waals surface area (Å²) in [4.78, 5) is 9.29. The predicted molar refractivity (Wildman–Crippen MR) is 289 cm³/mol. The van der Waals surface area contributed by atoms with E-state index < -0.39 is 0 Å². The molecule has 0 saturated carbocycles. The van der Waals surface area contributed by atoms with Crippen molar-refractivity contribution < 1.29 is 36.6 Å². The fourth-order valence-electron chi connectivity index (χ4n) is 10.3. The fourth-order valence-corrected chi connectivity index (χ4v) is 10.3. The molecule has 0 saturated heterocycles. The average molecular weight is 985 g/mol. The van der Waals surface area contributed by atoms with Gasteiger partial charge in [0.2, 0.25) is 0 Å². The first kappa shape index (κ1) is 43.8. The smallest absolute Gasteiger partial charge is 0.291 e. The number of benzene rings is 7. The first-order chi connectivity index (χ1) is 36.8. The number of allylic oxidation sites excluding steroid dienone is 1.